The Balaban J connectivity index is 1.62. The van der Waals surface area contributed by atoms with Gasteiger partial charge in [0.25, 0.3) is 5.91 Å². The van der Waals surface area contributed by atoms with E-state index in [1.54, 1.807) is 30.3 Å². The van der Waals surface area contributed by atoms with E-state index < -0.39 is 0 Å². The highest BCUT2D eigenvalue weighted by atomic mass is 35.5. The first kappa shape index (κ1) is 17.7. The Labute approximate surface area is 154 Å². The average Bonchev–Trinajstić information content (AvgIpc) is 3.00. The van der Waals surface area contributed by atoms with Crippen molar-refractivity contribution in [2.45, 2.75) is 6.92 Å². The second-order valence-electron chi connectivity index (χ2n) is 5.15. The summed E-state index contributed by atoms with van der Waals surface area (Å²) in [7, 11) is 0. The molecule has 0 bridgehead atoms. The van der Waals surface area contributed by atoms with Gasteiger partial charge in [-0.1, -0.05) is 22.9 Å². The minimum atomic E-state index is -0.217. The number of thiazole rings is 1. The summed E-state index contributed by atoms with van der Waals surface area (Å²) in [6, 6.07) is 12.4. The van der Waals surface area contributed by atoms with Gasteiger partial charge < -0.3 is 9.47 Å². The van der Waals surface area contributed by atoms with Crippen molar-refractivity contribution in [3.63, 3.8) is 0 Å². The van der Waals surface area contributed by atoms with Crippen molar-refractivity contribution < 1.29 is 14.3 Å². The summed E-state index contributed by atoms with van der Waals surface area (Å²) in [4.78, 5) is 16.7. The summed E-state index contributed by atoms with van der Waals surface area (Å²) in [6.45, 7) is 3.63. The van der Waals surface area contributed by atoms with Crippen LogP contribution in [0, 0.1) is 0 Å². The molecule has 3 aromatic rings. The van der Waals surface area contributed by atoms with Crippen molar-refractivity contribution in [2.75, 3.05) is 25.1 Å². The smallest absolute Gasteiger partial charge is 0.257 e. The number of fused-ring (bicyclic) bond motifs is 1. The fraction of sp³-hybridized carbons (Fsp3) is 0.222. The molecule has 130 valence electrons. The molecule has 0 aliphatic heterocycles. The number of benzene rings is 2. The van der Waals surface area contributed by atoms with Gasteiger partial charge in [-0.05, 0) is 49.4 Å². The van der Waals surface area contributed by atoms with Crippen LogP contribution in [0.25, 0.3) is 10.2 Å². The number of hydrogen-bond acceptors (Lipinski definition) is 5. The predicted molar refractivity (Wildman–Crippen MR) is 101 cm³/mol. The molecule has 0 spiro atoms. The fourth-order valence-corrected chi connectivity index (χ4v) is 3.32. The van der Waals surface area contributed by atoms with Crippen LogP contribution in [0.2, 0.25) is 5.02 Å². The maximum Gasteiger partial charge on any atom is 0.257 e. The quantitative estimate of drug-likeness (QED) is 0.611. The molecule has 5 nitrogen and oxygen atoms in total. The van der Waals surface area contributed by atoms with Crippen LogP contribution in [-0.4, -0.2) is 30.7 Å². The van der Waals surface area contributed by atoms with Gasteiger partial charge in [-0.25, -0.2) is 4.98 Å². The average molecular weight is 377 g/mol. The Morgan fingerprint density at radius 1 is 1.20 bits per heavy atom. The van der Waals surface area contributed by atoms with Crippen LogP contribution in [0.5, 0.6) is 5.75 Å². The molecule has 0 saturated heterocycles. The van der Waals surface area contributed by atoms with Crippen LogP contribution >= 0.6 is 22.9 Å². The number of anilines is 1. The van der Waals surface area contributed by atoms with Crippen LogP contribution < -0.4 is 10.1 Å². The highest BCUT2D eigenvalue weighted by Gasteiger charge is 2.10. The second-order valence-corrected chi connectivity index (χ2v) is 6.62. The molecule has 0 unspecified atom stereocenters. The lowest BCUT2D eigenvalue weighted by Crippen LogP contribution is -2.11. The van der Waals surface area contributed by atoms with Crippen molar-refractivity contribution >= 4 is 44.2 Å². The van der Waals surface area contributed by atoms with E-state index >= 15 is 0 Å². The summed E-state index contributed by atoms with van der Waals surface area (Å²) >= 11 is 7.36. The van der Waals surface area contributed by atoms with Gasteiger partial charge in [0.05, 0.1) is 16.8 Å². The van der Waals surface area contributed by atoms with E-state index in [9.17, 15) is 4.79 Å². The van der Waals surface area contributed by atoms with Crippen LogP contribution in [0.1, 0.15) is 17.3 Å². The molecule has 25 heavy (non-hydrogen) atoms. The number of hydrogen-bond donors (Lipinski definition) is 1. The van der Waals surface area contributed by atoms with Gasteiger partial charge in [-0.15, -0.1) is 0 Å². The molecule has 0 aliphatic rings. The topological polar surface area (TPSA) is 60.5 Å². The maximum absolute atomic E-state index is 12.3. The molecular weight excluding hydrogens is 360 g/mol. The van der Waals surface area contributed by atoms with E-state index in [0.717, 1.165) is 10.2 Å². The fourth-order valence-electron chi connectivity index (χ4n) is 2.19. The Morgan fingerprint density at radius 2 is 2.00 bits per heavy atom. The summed E-state index contributed by atoms with van der Waals surface area (Å²) in [5.41, 5.74) is 1.34. The zero-order chi connectivity index (χ0) is 17.6. The van der Waals surface area contributed by atoms with Crippen molar-refractivity contribution in [1.29, 1.82) is 0 Å². The predicted octanol–water partition coefficient (Wildman–Crippen LogP) is 4.62. The number of carbonyl (C=O) groups is 1. The first-order valence-corrected chi connectivity index (χ1v) is 9.03. The minimum absolute atomic E-state index is 0.217. The largest absolute Gasteiger partial charge is 0.491 e. The second kappa shape index (κ2) is 8.29. The molecule has 0 atom stereocenters. The van der Waals surface area contributed by atoms with Gasteiger partial charge in [0.2, 0.25) is 0 Å². The van der Waals surface area contributed by atoms with Gasteiger partial charge in [0, 0.05) is 17.2 Å². The van der Waals surface area contributed by atoms with Gasteiger partial charge in [-0.3, -0.25) is 10.1 Å². The van der Waals surface area contributed by atoms with Gasteiger partial charge in [-0.2, -0.15) is 0 Å². The third-order valence-corrected chi connectivity index (χ3v) is 4.56. The third-order valence-electron chi connectivity index (χ3n) is 3.39. The van der Waals surface area contributed by atoms with Crippen LogP contribution in [0.4, 0.5) is 5.13 Å². The van der Waals surface area contributed by atoms with E-state index in [1.165, 1.54) is 11.3 Å². The first-order chi connectivity index (χ1) is 12.2. The lowest BCUT2D eigenvalue weighted by molar-refractivity contribution is 0.102. The Morgan fingerprint density at radius 3 is 2.76 bits per heavy atom. The van der Waals surface area contributed by atoms with Gasteiger partial charge >= 0.3 is 0 Å². The summed E-state index contributed by atoms with van der Waals surface area (Å²) in [6.07, 6.45) is 0. The molecule has 1 N–H and O–H groups in total. The number of ether oxygens (including phenoxy) is 2. The first-order valence-electron chi connectivity index (χ1n) is 7.84. The summed E-state index contributed by atoms with van der Waals surface area (Å²) < 4.78 is 11.7. The lowest BCUT2D eigenvalue weighted by Gasteiger charge is -2.07. The number of halogens is 1. The molecule has 1 heterocycles. The molecule has 0 radical (unpaired) electrons. The molecule has 0 fully saturated rings. The van der Waals surface area contributed by atoms with Crippen molar-refractivity contribution in [1.82, 2.24) is 4.98 Å². The van der Waals surface area contributed by atoms with Crippen molar-refractivity contribution in [3.8, 4) is 5.75 Å². The zero-order valence-corrected chi connectivity index (χ0v) is 15.2. The van der Waals surface area contributed by atoms with Crippen LogP contribution in [0.15, 0.2) is 42.5 Å². The molecular formula is C18H17ClN2O3S. The molecule has 7 heteroatoms. The van der Waals surface area contributed by atoms with Gasteiger partial charge in [0.15, 0.2) is 5.13 Å². The summed E-state index contributed by atoms with van der Waals surface area (Å²) in [5, 5.41) is 4.00. The van der Waals surface area contributed by atoms with Crippen LogP contribution in [-0.2, 0) is 4.74 Å². The standard InChI is InChI=1S/C18H17ClN2O3S/c1-2-23-9-10-24-14-6-3-12(4-7-14)17(22)21-18-20-15-8-5-13(19)11-16(15)25-18/h3-8,11H,2,9-10H2,1H3,(H,20,21,22). The highest BCUT2D eigenvalue weighted by Crippen LogP contribution is 2.28. The summed E-state index contributed by atoms with van der Waals surface area (Å²) in [5.74, 6) is 0.483. The maximum atomic E-state index is 12.3. The number of amides is 1. The lowest BCUT2D eigenvalue weighted by atomic mass is 10.2. The minimum Gasteiger partial charge on any atom is -0.491 e. The van der Waals surface area contributed by atoms with Crippen molar-refractivity contribution in [2.24, 2.45) is 0 Å². The molecule has 1 aromatic heterocycles. The van der Waals surface area contributed by atoms with E-state index in [1.807, 2.05) is 19.1 Å². The highest BCUT2D eigenvalue weighted by molar-refractivity contribution is 7.22. The molecule has 3 rings (SSSR count). The molecule has 0 aliphatic carbocycles. The van der Waals surface area contributed by atoms with E-state index in [0.29, 0.717) is 41.3 Å². The Hall–Kier alpha value is -2.15. The van der Waals surface area contributed by atoms with Crippen LogP contribution in [0.3, 0.4) is 0 Å². The van der Waals surface area contributed by atoms with E-state index in [2.05, 4.69) is 10.3 Å². The normalized spacial score (nSPS) is 10.8. The molecule has 2 aromatic carbocycles. The SMILES string of the molecule is CCOCCOc1ccc(C(=O)Nc2nc3ccc(Cl)cc3s2)cc1. The van der Waals surface area contributed by atoms with E-state index in [-0.39, 0.29) is 5.91 Å². The Bertz CT molecular complexity index is 864. The number of aromatic nitrogens is 1. The number of nitrogens with one attached hydrogen (secondary N) is 1. The number of rotatable bonds is 7. The molecule has 0 saturated carbocycles. The van der Waals surface area contributed by atoms with Crippen molar-refractivity contribution in [3.05, 3.63) is 53.1 Å². The zero-order valence-electron chi connectivity index (χ0n) is 13.6. The number of nitrogens with zero attached hydrogens (tertiary/aromatic N) is 1. The third kappa shape index (κ3) is 4.69. The monoisotopic (exact) mass is 376 g/mol. The number of carbonyl (C=O) groups excluding carboxylic acids is 1. The van der Waals surface area contributed by atoms with E-state index in [4.69, 9.17) is 21.1 Å². The Kier molecular flexibility index (Phi) is 5.86. The molecule has 1 amide bonds. The van der Waals surface area contributed by atoms with Gasteiger partial charge in [0.1, 0.15) is 12.4 Å².